The van der Waals surface area contributed by atoms with Crippen molar-refractivity contribution in [2.45, 2.75) is 32.3 Å². The summed E-state index contributed by atoms with van der Waals surface area (Å²) in [5.74, 6) is -0.625. The van der Waals surface area contributed by atoms with E-state index in [4.69, 9.17) is 16.3 Å². The van der Waals surface area contributed by atoms with E-state index in [9.17, 15) is 20.2 Å². The van der Waals surface area contributed by atoms with Crippen LogP contribution in [-0.2, 0) is 11.2 Å². The van der Waals surface area contributed by atoms with Gasteiger partial charge >= 0.3 is 5.97 Å². The monoisotopic (exact) mass is 377 g/mol. The Morgan fingerprint density at radius 2 is 2.00 bits per heavy atom. The molecule has 0 saturated heterocycles. The first-order chi connectivity index (χ1) is 12.4. The first-order valence-corrected chi connectivity index (χ1v) is 8.78. The van der Waals surface area contributed by atoms with Crippen LogP contribution in [0.5, 0.6) is 11.5 Å². The Morgan fingerprint density at radius 1 is 1.23 bits per heavy atom. The molecule has 0 bridgehead atoms. The van der Waals surface area contributed by atoms with Crippen LogP contribution in [0.25, 0.3) is 0 Å². The van der Waals surface area contributed by atoms with Gasteiger partial charge in [-0.3, -0.25) is 0 Å². The summed E-state index contributed by atoms with van der Waals surface area (Å²) in [7, 11) is 0. The number of phenolic OH excluding ortho intramolecular Hbond substituents is 2. The number of hydrogen-bond donors (Lipinski definition) is 3. The van der Waals surface area contributed by atoms with E-state index >= 15 is 0 Å². The highest BCUT2D eigenvalue weighted by Gasteiger charge is 2.36. The lowest BCUT2D eigenvalue weighted by Crippen LogP contribution is -2.18. The number of oxime groups is 1. The lowest BCUT2D eigenvalue weighted by Gasteiger charge is -2.17. The van der Waals surface area contributed by atoms with Gasteiger partial charge in [-0.2, -0.15) is 0 Å². The topological polar surface area (TPSA) is 99.4 Å². The van der Waals surface area contributed by atoms with E-state index in [-0.39, 0.29) is 40.1 Å². The number of aromatic hydroxyl groups is 2. The van der Waals surface area contributed by atoms with Crippen LogP contribution >= 0.6 is 11.6 Å². The molecule has 1 saturated carbocycles. The number of rotatable bonds is 0. The molecule has 1 aromatic rings. The normalized spacial score (nSPS) is 29.8. The molecule has 0 spiro atoms. The zero-order valence-corrected chi connectivity index (χ0v) is 15.0. The summed E-state index contributed by atoms with van der Waals surface area (Å²) >= 11 is 6.14. The van der Waals surface area contributed by atoms with E-state index < -0.39 is 11.7 Å². The Kier molecular flexibility index (Phi) is 5.23. The van der Waals surface area contributed by atoms with Crippen molar-refractivity contribution in [2.24, 2.45) is 17.0 Å². The number of esters is 1. The molecule has 7 heteroatoms. The number of nitrogens with zero attached hydrogens (tertiary/aromatic N) is 1. The average molecular weight is 378 g/mol. The maximum atomic E-state index is 12.6. The number of benzene rings is 1. The molecule has 2 aliphatic rings. The van der Waals surface area contributed by atoms with Gasteiger partial charge in [0.25, 0.3) is 0 Å². The molecule has 1 aliphatic carbocycles. The lowest BCUT2D eigenvalue weighted by molar-refractivity contribution is 0.0307. The molecule has 1 heterocycles. The number of hydrogen-bond acceptors (Lipinski definition) is 6. The molecule has 3 atom stereocenters. The molecule has 26 heavy (non-hydrogen) atoms. The summed E-state index contributed by atoms with van der Waals surface area (Å²) in [6, 6.07) is 1.00. The second-order valence-corrected chi connectivity index (χ2v) is 7.08. The van der Waals surface area contributed by atoms with Crippen LogP contribution in [0, 0.1) is 11.8 Å². The van der Waals surface area contributed by atoms with Crippen molar-refractivity contribution >= 4 is 23.3 Å². The van der Waals surface area contributed by atoms with Crippen LogP contribution in [0.1, 0.15) is 35.7 Å². The van der Waals surface area contributed by atoms with E-state index in [1.54, 1.807) is 12.2 Å². The minimum atomic E-state index is -0.724. The summed E-state index contributed by atoms with van der Waals surface area (Å²) in [5.41, 5.74) is 0.228. The zero-order chi connectivity index (χ0) is 18.8. The Balaban J connectivity index is 2.05. The number of carbonyl (C=O) groups is 1. The third-order valence-electron chi connectivity index (χ3n) is 4.69. The average Bonchev–Trinajstić information content (AvgIpc) is 3.31. The van der Waals surface area contributed by atoms with Crippen LogP contribution in [0.2, 0.25) is 5.02 Å². The number of phenols is 2. The standard InChI is InChI=1S/C19H20ClNO5/c1-10-6-12-7-11(12)4-2-3-5-13(21-25)8-14-17(19(24)26-10)15(22)9-16(23)18(14)20/h2-5,9-12,22-23,25H,6-8H2,1H3/b4-2-,5-3+,21-13+/t10?,11?,12-/m0/s1. The SMILES string of the molecule is CC1C[C@H]2CC2\C=C/C=C/C(=N\O)Cc2c(Cl)c(O)cc(O)c2C(=O)O1. The molecule has 138 valence electrons. The van der Waals surface area contributed by atoms with Crippen LogP contribution < -0.4 is 0 Å². The van der Waals surface area contributed by atoms with Gasteiger partial charge < -0.3 is 20.2 Å². The molecule has 1 aliphatic heterocycles. The van der Waals surface area contributed by atoms with Gasteiger partial charge in [-0.1, -0.05) is 35.0 Å². The largest absolute Gasteiger partial charge is 0.507 e. The molecule has 3 N–H and O–H groups in total. The third kappa shape index (κ3) is 3.85. The van der Waals surface area contributed by atoms with Gasteiger partial charge in [0.1, 0.15) is 17.1 Å². The Labute approximate surface area is 156 Å². The maximum absolute atomic E-state index is 12.6. The zero-order valence-electron chi connectivity index (χ0n) is 14.2. The number of halogens is 1. The molecule has 1 fully saturated rings. The summed E-state index contributed by atoms with van der Waals surface area (Å²) in [5, 5.41) is 32.4. The third-order valence-corrected chi connectivity index (χ3v) is 5.11. The van der Waals surface area contributed by atoms with E-state index in [0.29, 0.717) is 11.8 Å². The first-order valence-electron chi connectivity index (χ1n) is 8.40. The predicted octanol–water partition coefficient (Wildman–Crippen LogP) is 3.82. The molecule has 1 aromatic carbocycles. The van der Waals surface area contributed by atoms with Crippen LogP contribution in [0.4, 0.5) is 0 Å². The minimum Gasteiger partial charge on any atom is -0.507 e. The Bertz CT molecular complexity index is 815. The number of cyclic esters (lactones) is 1. The van der Waals surface area contributed by atoms with Gasteiger partial charge in [0.2, 0.25) is 0 Å². The number of allylic oxidation sites excluding steroid dienone is 4. The highest BCUT2D eigenvalue weighted by Crippen LogP contribution is 2.44. The van der Waals surface area contributed by atoms with Crippen molar-refractivity contribution in [3.05, 3.63) is 46.5 Å². The van der Waals surface area contributed by atoms with Crippen molar-refractivity contribution in [2.75, 3.05) is 0 Å². The molecule has 6 nitrogen and oxygen atoms in total. The fraction of sp³-hybridized carbons (Fsp3) is 0.368. The van der Waals surface area contributed by atoms with Crippen molar-refractivity contribution < 1.29 is 25.0 Å². The van der Waals surface area contributed by atoms with Gasteiger partial charge in [0.05, 0.1) is 16.8 Å². The van der Waals surface area contributed by atoms with Crippen LogP contribution in [0.15, 0.2) is 35.5 Å². The van der Waals surface area contributed by atoms with E-state index in [1.165, 1.54) is 0 Å². The Hall–Kier alpha value is -2.47. The van der Waals surface area contributed by atoms with E-state index in [1.807, 2.05) is 13.0 Å². The molecule has 2 unspecified atom stereocenters. The van der Waals surface area contributed by atoms with Crippen LogP contribution in [0.3, 0.4) is 0 Å². The molecular formula is C19H20ClNO5. The molecule has 0 aromatic heterocycles. The fourth-order valence-corrected chi connectivity index (χ4v) is 3.47. The van der Waals surface area contributed by atoms with Gasteiger partial charge in [0, 0.05) is 12.5 Å². The van der Waals surface area contributed by atoms with E-state index in [2.05, 4.69) is 11.2 Å². The summed E-state index contributed by atoms with van der Waals surface area (Å²) < 4.78 is 5.48. The maximum Gasteiger partial charge on any atom is 0.342 e. The van der Waals surface area contributed by atoms with Gasteiger partial charge in [-0.05, 0) is 43.2 Å². The van der Waals surface area contributed by atoms with Crippen molar-refractivity contribution in [3.8, 4) is 11.5 Å². The number of ether oxygens (including phenoxy) is 1. The second kappa shape index (κ2) is 7.41. The van der Waals surface area contributed by atoms with Crippen molar-refractivity contribution in [3.63, 3.8) is 0 Å². The first kappa shape index (κ1) is 18.3. The number of carbonyl (C=O) groups excluding carboxylic acids is 1. The van der Waals surface area contributed by atoms with Crippen LogP contribution in [-0.4, -0.2) is 33.2 Å². The quantitative estimate of drug-likeness (QED) is 0.362. The summed E-state index contributed by atoms with van der Waals surface area (Å²) in [6.45, 7) is 1.81. The fourth-order valence-electron chi connectivity index (χ4n) is 3.25. The summed E-state index contributed by atoms with van der Waals surface area (Å²) in [6.07, 6.45) is 8.67. The highest BCUT2D eigenvalue weighted by atomic mass is 35.5. The van der Waals surface area contributed by atoms with Crippen molar-refractivity contribution in [1.29, 1.82) is 0 Å². The minimum absolute atomic E-state index is 0.0630. The van der Waals surface area contributed by atoms with Gasteiger partial charge in [-0.25, -0.2) is 4.79 Å². The van der Waals surface area contributed by atoms with Gasteiger partial charge in [-0.15, -0.1) is 0 Å². The van der Waals surface area contributed by atoms with Crippen molar-refractivity contribution in [1.82, 2.24) is 0 Å². The Morgan fingerprint density at radius 3 is 2.73 bits per heavy atom. The molecular weight excluding hydrogens is 358 g/mol. The lowest BCUT2D eigenvalue weighted by atomic mass is 9.99. The number of fused-ring (bicyclic) bond motifs is 2. The molecule has 0 radical (unpaired) electrons. The predicted molar refractivity (Wildman–Crippen MR) is 97.1 cm³/mol. The second-order valence-electron chi connectivity index (χ2n) is 6.71. The molecule has 3 rings (SSSR count). The summed E-state index contributed by atoms with van der Waals surface area (Å²) in [4.78, 5) is 12.6. The van der Waals surface area contributed by atoms with E-state index in [0.717, 1.165) is 18.9 Å². The van der Waals surface area contributed by atoms with Gasteiger partial charge in [0.15, 0.2) is 0 Å². The molecule has 0 amide bonds. The smallest absolute Gasteiger partial charge is 0.342 e. The highest BCUT2D eigenvalue weighted by molar-refractivity contribution is 6.33.